The van der Waals surface area contributed by atoms with Gasteiger partial charge in [0, 0.05) is 25.2 Å². The second kappa shape index (κ2) is 6.76. The number of hydrogen-bond donors (Lipinski definition) is 1. The van der Waals surface area contributed by atoms with Crippen LogP contribution in [0, 0.1) is 5.41 Å². The maximum Gasteiger partial charge on any atom is 0.123 e. The van der Waals surface area contributed by atoms with Gasteiger partial charge in [-0.3, -0.25) is 0 Å². The molecule has 0 aromatic heterocycles. The van der Waals surface area contributed by atoms with Gasteiger partial charge >= 0.3 is 0 Å². The van der Waals surface area contributed by atoms with E-state index in [1.54, 1.807) is 7.11 Å². The van der Waals surface area contributed by atoms with Crippen LogP contribution < -0.4 is 10.1 Å². The van der Waals surface area contributed by atoms with Gasteiger partial charge in [-0.15, -0.1) is 0 Å². The maximum atomic E-state index is 5.34. The van der Waals surface area contributed by atoms with Crippen molar-refractivity contribution in [3.63, 3.8) is 0 Å². The second-order valence-corrected chi connectivity index (χ2v) is 5.82. The van der Waals surface area contributed by atoms with Gasteiger partial charge in [0.25, 0.3) is 0 Å². The molecule has 0 fully saturated rings. The smallest absolute Gasteiger partial charge is 0.123 e. The van der Waals surface area contributed by atoms with Crippen LogP contribution in [-0.2, 0) is 6.54 Å². The molecular weight excluding hydrogens is 224 g/mol. The molecule has 0 aliphatic heterocycles. The van der Waals surface area contributed by atoms with E-state index in [0.717, 1.165) is 25.4 Å². The van der Waals surface area contributed by atoms with Crippen molar-refractivity contribution >= 4 is 0 Å². The minimum atomic E-state index is 0.269. The van der Waals surface area contributed by atoms with Crippen LogP contribution in [-0.4, -0.2) is 39.2 Å². The SMILES string of the molecule is COc1ccccc1CNCC(C)(C)CN(C)C. The molecule has 0 saturated heterocycles. The lowest BCUT2D eigenvalue weighted by molar-refractivity contribution is 0.232. The molecule has 0 saturated carbocycles. The highest BCUT2D eigenvalue weighted by Crippen LogP contribution is 2.18. The molecule has 1 aromatic rings. The fraction of sp³-hybridized carbons (Fsp3) is 0.600. The summed E-state index contributed by atoms with van der Waals surface area (Å²) in [5, 5.41) is 3.52. The molecule has 0 heterocycles. The van der Waals surface area contributed by atoms with Gasteiger partial charge in [-0.2, -0.15) is 0 Å². The van der Waals surface area contributed by atoms with Crippen molar-refractivity contribution in [2.24, 2.45) is 5.41 Å². The molecule has 0 radical (unpaired) electrons. The minimum Gasteiger partial charge on any atom is -0.496 e. The summed E-state index contributed by atoms with van der Waals surface area (Å²) in [6.45, 7) is 7.47. The van der Waals surface area contributed by atoms with Crippen molar-refractivity contribution in [2.75, 3.05) is 34.3 Å². The molecule has 102 valence electrons. The Bertz CT molecular complexity index is 361. The number of methoxy groups -OCH3 is 1. The molecule has 0 aliphatic rings. The predicted molar refractivity (Wildman–Crippen MR) is 77.0 cm³/mol. The third-order valence-corrected chi connectivity index (χ3v) is 2.86. The number of para-hydroxylation sites is 1. The molecule has 3 nitrogen and oxygen atoms in total. The Morgan fingerprint density at radius 2 is 1.89 bits per heavy atom. The molecule has 0 aliphatic carbocycles. The van der Waals surface area contributed by atoms with E-state index in [4.69, 9.17) is 4.74 Å². The predicted octanol–water partition coefficient (Wildman–Crippen LogP) is 2.37. The summed E-state index contributed by atoms with van der Waals surface area (Å²) < 4.78 is 5.34. The molecule has 1 rings (SSSR count). The van der Waals surface area contributed by atoms with E-state index in [1.807, 2.05) is 18.2 Å². The summed E-state index contributed by atoms with van der Waals surface area (Å²) in [5.74, 6) is 0.954. The van der Waals surface area contributed by atoms with Gasteiger partial charge in [-0.05, 0) is 25.6 Å². The first-order chi connectivity index (χ1) is 8.44. The Balaban J connectivity index is 2.46. The molecule has 0 bridgehead atoms. The normalized spacial score (nSPS) is 11.9. The van der Waals surface area contributed by atoms with Gasteiger partial charge in [0.1, 0.15) is 5.75 Å². The highest BCUT2D eigenvalue weighted by molar-refractivity contribution is 5.32. The molecule has 1 aromatic carbocycles. The molecule has 0 unspecified atom stereocenters. The number of ether oxygens (including phenoxy) is 1. The van der Waals surface area contributed by atoms with Gasteiger partial charge in [0.05, 0.1) is 7.11 Å². The van der Waals surface area contributed by atoms with Crippen molar-refractivity contribution < 1.29 is 4.74 Å². The molecular formula is C15H26N2O. The van der Waals surface area contributed by atoms with Crippen molar-refractivity contribution in [1.29, 1.82) is 0 Å². The van der Waals surface area contributed by atoms with Gasteiger partial charge in [0.15, 0.2) is 0 Å². The van der Waals surface area contributed by atoms with E-state index in [2.05, 4.69) is 44.2 Å². The Morgan fingerprint density at radius 3 is 2.50 bits per heavy atom. The zero-order valence-corrected chi connectivity index (χ0v) is 12.3. The summed E-state index contributed by atoms with van der Waals surface area (Å²) >= 11 is 0. The van der Waals surface area contributed by atoms with Crippen LogP contribution in [0.25, 0.3) is 0 Å². The first-order valence-electron chi connectivity index (χ1n) is 6.42. The van der Waals surface area contributed by atoms with Crippen LogP contribution in [0.3, 0.4) is 0 Å². The fourth-order valence-electron chi connectivity index (χ4n) is 2.30. The van der Waals surface area contributed by atoms with E-state index in [-0.39, 0.29) is 5.41 Å². The van der Waals surface area contributed by atoms with Crippen LogP contribution >= 0.6 is 0 Å². The number of nitrogens with one attached hydrogen (secondary N) is 1. The summed E-state index contributed by atoms with van der Waals surface area (Å²) in [7, 11) is 5.94. The van der Waals surface area contributed by atoms with E-state index in [0.29, 0.717) is 0 Å². The number of nitrogens with zero attached hydrogens (tertiary/aromatic N) is 1. The molecule has 0 spiro atoms. The van der Waals surface area contributed by atoms with Crippen LogP contribution in [0.1, 0.15) is 19.4 Å². The highest BCUT2D eigenvalue weighted by Gasteiger charge is 2.18. The summed E-state index contributed by atoms with van der Waals surface area (Å²) in [5.41, 5.74) is 1.48. The first-order valence-corrected chi connectivity index (χ1v) is 6.42. The monoisotopic (exact) mass is 250 g/mol. The highest BCUT2D eigenvalue weighted by atomic mass is 16.5. The first kappa shape index (κ1) is 15.0. The topological polar surface area (TPSA) is 24.5 Å². The largest absolute Gasteiger partial charge is 0.496 e. The van der Waals surface area contributed by atoms with Crippen molar-refractivity contribution in [3.05, 3.63) is 29.8 Å². The quantitative estimate of drug-likeness (QED) is 0.804. The van der Waals surface area contributed by atoms with Crippen LogP contribution in [0.5, 0.6) is 5.75 Å². The van der Waals surface area contributed by atoms with Gasteiger partial charge in [0.2, 0.25) is 0 Å². The second-order valence-electron chi connectivity index (χ2n) is 5.82. The van der Waals surface area contributed by atoms with Crippen LogP contribution in [0.2, 0.25) is 0 Å². The van der Waals surface area contributed by atoms with E-state index < -0.39 is 0 Å². The molecule has 3 heteroatoms. The lowest BCUT2D eigenvalue weighted by atomic mass is 9.93. The van der Waals surface area contributed by atoms with Gasteiger partial charge in [-0.25, -0.2) is 0 Å². The maximum absolute atomic E-state index is 5.34. The van der Waals surface area contributed by atoms with Gasteiger partial charge < -0.3 is 15.0 Å². The molecule has 18 heavy (non-hydrogen) atoms. The van der Waals surface area contributed by atoms with E-state index in [9.17, 15) is 0 Å². The third kappa shape index (κ3) is 5.07. The Hall–Kier alpha value is -1.06. The zero-order valence-electron chi connectivity index (χ0n) is 12.3. The van der Waals surface area contributed by atoms with Crippen LogP contribution in [0.15, 0.2) is 24.3 Å². The van der Waals surface area contributed by atoms with Crippen molar-refractivity contribution in [3.8, 4) is 5.75 Å². The van der Waals surface area contributed by atoms with Crippen LogP contribution in [0.4, 0.5) is 0 Å². The Morgan fingerprint density at radius 1 is 1.22 bits per heavy atom. The molecule has 0 amide bonds. The number of hydrogen-bond acceptors (Lipinski definition) is 3. The Kier molecular flexibility index (Phi) is 5.63. The average molecular weight is 250 g/mol. The lowest BCUT2D eigenvalue weighted by Crippen LogP contribution is -2.37. The Labute approximate surface area is 111 Å². The average Bonchev–Trinajstić information content (AvgIpc) is 2.27. The van der Waals surface area contributed by atoms with E-state index >= 15 is 0 Å². The zero-order chi connectivity index (χ0) is 13.6. The standard InChI is InChI=1S/C15H26N2O/c1-15(2,12-17(3)4)11-16-10-13-8-6-7-9-14(13)18-5/h6-9,16H,10-12H2,1-5H3. The van der Waals surface area contributed by atoms with E-state index in [1.165, 1.54) is 5.56 Å². The van der Waals surface area contributed by atoms with Crippen molar-refractivity contribution in [2.45, 2.75) is 20.4 Å². The summed E-state index contributed by atoms with van der Waals surface area (Å²) in [6.07, 6.45) is 0. The molecule has 1 N–H and O–H groups in total. The minimum absolute atomic E-state index is 0.269. The van der Waals surface area contributed by atoms with Gasteiger partial charge in [-0.1, -0.05) is 32.0 Å². The third-order valence-electron chi connectivity index (χ3n) is 2.86. The molecule has 0 atom stereocenters. The van der Waals surface area contributed by atoms with Crippen molar-refractivity contribution in [1.82, 2.24) is 10.2 Å². The summed E-state index contributed by atoms with van der Waals surface area (Å²) in [6, 6.07) is 8.15. The number of benzene rings is 1. The summed E-state index contributed by atoms with van der Waals surface area (Å²) in [4.78, 5) is 2.23. The number of rotatable bonds is 7. The lowest BCUT2D eigenvalue weighted by Gasteiger charge is -2.28. The fourth-order valence-corrected chi connectivity index (χ4v) is 2.30.